The molecule has 0 spiro atoms. The quantitative estimate of drug-likeness (QED) is 0.721. The van der Waals surface area contributed by atoms with Crippen LogP contribution in [-0.4, -0.2) is 48.4 Å². The van der Waals surface area contributed by atoms with Crippen LogP contribution in [0.3, 0.4) is 0 Å². The van der Waals surface area contributed by atoms with Crippen molar-refractivity contribution in [3.8, 4) is 5.75 Å². The van der Waals surface area contributed by atoms with Gasteiger partial charge in [-0.05, 0) is 62.1 Å². The molecule has 5 nitrogen and oxygen atoms in total. The lowest BCUT2D eigenvalue weighted by atomic mass is 10.3. The van der Waals surface area contributed by atoms with Crippen molar-refractivity contribution < 1.29 is 18.3 Å². The Bertz CT molecular complexity index is 837. The molecule has 2 fully saturated rings. The molecule has 0 unspecified atom stereocenters. The number of furan rings is 1. The van der Waals surface area contributed by atoms with Crippen LogP contribution >= 0.6 is 11.6 Å². The van der Waals surface area contributed by atoms with E-state index in [1.54, 1.807) is 12.1 Å². The molecule has 2 aromatic rings. The number of rotatable bonds is 6. The number of amides is 1. The second kappa shape index (κ2) is 8.53. The van der Waals surface area contributed by atoms with Gasteiger partial charge in [-0.3, -0.25) is 4.79 Å². The van der Waals surface area contributed by atoms with Crippen molar-refractivity contribution in [2.45, 2.75) is 25.9 Å². The molecule has 28 heavy (non-hydrogen) atoms. The lowest BCUT2D eigenvalue weighted by molar-refractivity contribution is 0.0725. The largest absolute Gasteiger partial charge is 0.484 e. The summed E-state index contributed by atoms with van der Waals surface area (Å²) in [5.41, 5.74) is 0. The van der Waals surface area contributed by atoms with Crippen molar-refractivity contribution in [1.29, 1.82) is 0 Å². The average molecular weight is 407 g/mol. The minimum Gasteiger partial charge on any atom is -0.484 e. The Hall–Kier alpha value is -2.05. The van der Waals surface area contributed by atoms with E-state index in [-0.39, 0.29) is 17.5 Å². The molecule has 1 aromatic carbocycles. The first-order valence-corrected chi connectivity index (χ1v) is 10.1. The molecule has 1 amide bonds. The Balaban J connectivity index is 1.32. The minimum atomic E-state index is -0.420. The molecule has 2 heterocycles. The van der Waals surface area contributed by atoms with Crippen LogP contribution in [0.1, 0.15) is 35.6 Å². The summed E-state index contributed by atoms with van der Waals surface area (Å²) in [6, 6.07) is 7.35. The van der Waals surface area contributed by atoms with Crippen LogP contribution < -0.4 is 4.74 Å². The van der Waals surface area contributed by atoms with Crippen molar-refractivity contribution in [3.05, 3.63) is 52.7 Å². The fourth-order valence-electron chi connectivity index (χ4n) is 3.49. The van der Waals surface area contributed by atoms with Crippen molar-refractivity contribution in [1.82, 2.24) is 9.80 Å². The third kappa shape index (κ3) is 4.86. The molecule has 1 aromatic heterocycles. The van der Waals surface area contributed by atoms with Crippen LogP contribution in [0.2, 0.25) is 5.02 Å². The molecule has 0 bridgehead atoms. The van der Waals surface area contributed by atoms with E-state index in [1.165, 1.54) is 31.0 Å². The fourth-order valence-corrected chi connectivity index (χ4v) is 3.71. The third-order valence-electron chi connectivity index (χ3n) is 5.23. The standard InChI is InChI=1S/C21H24ClFN2O3/c22-18-12-16(23)4-6-19(18)27-14-17-5-7-20(28-17)21(26)25-9-1-8-24(10-11-25)13-15-2-3-15/h4-7,12,15H,1-3,8-11,13-14H2. The van der Waals surface area contributed by atoms with Gasteiger partial charge in [0.25, 0.3) is 5.91 Å². The maximum absolute atomic E-state index is 13.1. The number of hydrogen-bond acceptors (Lipinski definition) is 4. The van der Waals surface area contributed by atoms with Gasteiger partial charge in [-0.15, -0.1) is 0 Å². The summed E-state index contributed by atoms with van der Waals surface area (Å²) in [5.74, 6) is 1.57. The number of nitrogens with zero attached hydrogens (tertiary/aromatic N) is 2. The smallest absolute Gasteiger partial charge is 0.289 e. The zero-order valence-corrected chi connectivity index (χ0v) is 16.5. The van der Waals surface area contributed by atoms with Gasteiger partial charge in [0.05, 0.1) is 5.02 Å². The summed E-state index contributed by atoms with van der Waals surface area (Å²) in [7, 11) is 0. The van der Waals surface area contributed by atoms with Gasteiger partial charge < -0.3 is 19.0 Å². The minimum absolute atomic E-state index is 0.0839. The Kier molecular flexibility index (Phi) is 5.87. The number of hydrogen-bond donors (Lipinski definition) is 0. The summed E-state index contributed by atoms with van der Waals surface area (Å²) < 4.78 is 24.3. The van der Waals surface area contributed by atoms with Crippen molar-refractivity contribution >= 4 is 17.5 Å². The van der Waals surface area contributed by atoms with Gasteiger partial charge >= 0.3 is 0 Å². The molecule has 0 atom stereocenters. The zero-order chi connectivity index (χ0) is 19.5. The molecule has 1 aliphatic carbocycles. The van der Waals surface area contributed by atoms with Crippen molar-refractivity contribution in [2.75, 3.05) is 32.7 Å². The van der Waals surface area contributed by atoms with Gasteiger partial charge in [-0.2, -0.15) is 0 Å². The molecule has 150 valence electrons. The average Bonchev–Trinajstić information content (AvgIpc) is 3.42. The van der Waals surface area contributed by atoms with Crippen LogP contribution in [0.4, 0.5) is 4.39 Å². The summed E-state index contributed by atoms with van der Waals surface area (Å²) in [6.07, 6.45) is 3.68. The SMILES string of the molecule is O=C(c1ccc(COc2ccc(F)cc2Cl)o1)N1CCCN(CC2CC2)CC1. The van der Waals surface area contributed by atoms with Gasteiger partial charge in [0, 0.05) is 26.2 Å². The van der Waals surface area contributed by atoms with Crippen LogP contribution in [0.15, 0.2) is 34.7 Å². The summed E-state index contributed by atoms with van der Waals surface area (Å²) in [5, 5.41) is 0.197. The second-order valence-electron chi connectivity index (χ2n) is 7.52. The predicted molar refractivity (Wildman–Crippen MR) is 104 cm³/mol. The van der Waals surface area contributed by atoms with E-state index in [0.717, 1.165) is 45.1 Å². The number of benzene rings is 1. The summed E-state index contributed by atoms with van der Waals surface area (Å²) in [4.78, 5) is 17.1. The molecule has 7 heteroatoms. The summed E-state index contributed by atoms with van der Waals surface area (Å²) in [6.45, 7) is 4.73. The number of carbonyl (C=O) groups is 1. The van der Waals surface area contributed by atoms with E-state index in [0.29, 0.717) is 17.3 Å². The van der Waals surface area contributed by atoms with E-state index >= 15 is 0 Å². The number of carbonyl (C=O) groups excluding carboxylic acids is 1. The molecule has 1 aliphatic heterocycles. The Morgan fingerprint density at radius 3 is 2.82 bits per heavy atom. The van der Waals surface area contributed by atoms with Gasteiger partial charge in [0.1, 0.15) is 23.9 Å². The lowest BCUT2D eigenvalue weighted by Crippen LogP contribution is -2.35. The van der Waals surface area contributed by atoms with E-state index in [4.69, 9.17) is 20.8 Å². The second-order valence-corrected chi connectivity index (χ2v) is 7.93. The monoisotopic (exact) mass is 406 g/mol. The van der Waals surface area contributed by atoms with E-state index < -0.39 is 5.82 Å². The fraction of sp³-hybridized carbons (Fsp3) is 0.476. The van der Waals surface area contributed by atoms with E-state index in [1.807, 2.05) is 4.90 Å². The Morgan fingerprint density at radius 1 is 1.18 bits per heavy atom. The lowest BCUT2D eigenvalue weighted by Gasteiger charge is -2.21. The molecular weight excluding hydrogens is 383 g/mol. The number of ether oxygens (including phenoxy) is 1. The topological polar surface area (TPSA) is 45.9 Å². The summed E-state index contributed by atoms with van der Waals surface area (Å²) >= 11 is 5.96. The van der Waals surface area contributed by atoms with Crippen molar-refractivity contribution in [2.24, 2.45) is 5.92 Å². The molecule has 0 N–H and O–H groups in total. The highest BCUT2D eigenvalue weighted by Crippen LogP contribution is 2.30. The molecular formula is C21H24ClFN2O3. The Labute approximate surface area is 169 Å². The van der Waals surface area contributed by atoms with Crippen LogP contribution in [0, 0.1) is 11.7 Å². The van der Waals surface area contributed by atoms with E-state index in [2.05, 4.69) is 4.90 Å². The Morgan fingerprint density at radius 2 is 2.04 bits per heavy atom. The first kappa shape index (κ1) is 19.3. The van der Waals surface area contributed by atoms with Gasteiger partial charge in [-0.25, -0.2) is 4.39 Å². The van der Waals surface area contributed by atoms with E-state index in [9.17, 15) is 9.18 Å². The molecule has 2 aliphatic rings. The maximum atomic E-state index is 13.1. The van der Waals surface area contributed by atoms with Crippen molar-refractivity contribution in [3.63, 3.8) is 0 Å². The molecule has 0 radical (unpaired) electrons. The molecule has 1 saturated carbocycles. The van der Waals surface area contributed by atoms with Crippen LogP contribution in [0.25, 0.3) is 0 Å². The van der Waals surface area contributed by atoms with Gasteiger partial charge in [-0.1, -0.05) is 11.6 Å². The zero-order valence-electron chi connectivity index (χ0n) is 15.7. The van der Waals surface area contributed by atoms with Gasteiger partial charge in [0.2, 0.25) is 0 Å². The normalized spacial score (nSPS) is 18.1. The first-order valence-electron chi connectivity index (χ1n) is 9.76. The predicted octanol–water partition coefficient (Wildman–Crippen LogP) is 4.21. The van der Waals surface area contributed by atoms with Gasteiger partial charge in [0.15, 0.2) is 5.76 Å². The van der Waals surface area contributed by atoms with Crippen LogP contribution in [0.5, 0.6) is 5.75 Å². The van der Waals surface area contributed by atoms with Crippen LogP contribution in [-0.2, 0) is 6.61 Å². The highest BCUT2D eigenvalue weighted by atomic mass is 35.5. The first-order chi connectivity index (χ1) is 13.6. The number of halogens is 2. The highest BCUT2D eigenvalue weighted by molar-refractivity contribution is 6.32. The molecule has 4 rings (SSSR count). The maximum Gasteiger partial charge on any atom is 0.289 e. The molecule has 1 saturated heterocycles. The third-order valence-corrected chi connectivity index (χ3v) is 5.52. The highest BCUT2D eigenvalue weighted by Gasteiger charge is 2.27.